The fourth-order valence-corrected chi connectivity index (χ4v) is 3.46. The first-order valence-electron chi connectivity index (χ1n) is 6.89. The van der Waals surface area contributed by atoms with E-state index >= 15 is 0 Å². The van der Waals surface area contributed by atoms with Crippen LogP contribution in [-0.4, -0.2) is 24.3 Å². The van der Waals surface area contributed by atoms with Crippen LogP contribution in [-0.2, 0) is 14.8 Å². The lowest BCUT2D eigenvalue weighted by atomic mass is 10.2. The number of nitrogens with one attached hydrogen (secondary N) is 3. The molecule has 24 heavy (non-hydrogen) atoms. The smallest absolute Gasteiger partial charge is 0.264 e. The van der Waals surface area contributed by atoms with Gasteiger partial charge in [-0.05, 0) is 30.3 Å². The van der Waals surface area contributed by atoms with E-state index in [1.165, 1.54) is 31.5 Å². The van der Waals surface area contributed by atoms with Crippen molar-refractivity contribution in [1.82, 2.24) is 9.97 Å². The zero-order valence-electron chi connectivity index (χ0n) is 12.5. The number of hydrogen-bond donors (Lipinski definition) is 3. The van der Waals surface area contributed by atoms with E-state index in [1.807, 2.05) is 0 Å². The Balaban J connectivity index is 1.99. The van der Waals surface area contributed by atoms with Crippen LogP contribution >= 0.6 is 0 Å². The highest BCUT2D eigenvalue weighted by Gasteiger charge is 2.21. The number of nitrogens with zero attached hydrogens (tertiary/aromatic N) is 1. The molecule has 0 spiro atoms. The number of benzene rings is 1. The molecule has 0 saturated carbocycles. The highest BCUT2D eigenvalue weighted by atomic mass is 32.2. The minimum absolute atomic E-state index is 0.0464. The molecule has 1 amide bonds. The van der Waals surface area contributed by atoms with E-state index in [0.717, 1.165) is 6.07 Å². The van der Waals surface area contributed by atoms with Gasteiger partial charge in [0.2, 0.25) is 5.91 Å². The Morgan fingerprint density at radius 1 is 1.29 bits per heavy atom. The Morgan fingerprint density at radius 2 is 2.08 bits per heavy atom. The number of halogens is 1. The van der Waals surface area contributed by atoms with Crippen LogP contribution < -0.4 is 10.0 Å². The highest BCUT2D eigenvalue weighted by molar-refractivity contribution is 7.93. The predicted molar refractivity (Wildman–Crippen MR) is 87.6 cm³/mol. The molecule has 7 nitrogen and oxygen atoms in total. The van der Waals surface area contributed by atoms with Crippen molar-refractivity contribution in [2.24, 2.45) is 0 Å². The normalized spacial score (nSPS) is 11.4. The minimum Gasteiger partial charge on any atom is -0.345 e. The number of anilines is 2. The summed E-state index contributed by atoms with van der Waals surface area (Å²) >= 11 is 0. The van der Waals surface area contributed by atoms with Crippen molar-refractivity contribution in [3.05, 3.63) is 48.5 Å². The molecule has 3 rings (SSSR count). The standard InChI is InChI=1S/C15H13FN4O3S/c1-9(21)19-10-4-5-12(16)13(7-10)20-24(22,23)14-8-18-15-11(14)3-2-6-17-15/h2-8,20H,1H3,(H,17,18)(H,19,21). The van der Waals surface area contributed by atoms with E-state index in [4.69, 9.17) is 0 Å². The van der Waals surface area contributed by atoms with E-state index in [0.29, 0.717) is 11.0 Å². The number of H-pyrrole nitrogens is 1. The molecule has 0 unspecified atom stereocenters. The SMILES string of the molecule is CC(=O)Nc1ccc(F)c(NS(=O)(=O)c2c[nH]c3ncccc23)c1. The van der Waals surface area contributed by atoms with Crippen LogP contribution in [0.5, 0.6) is 0 Å². The quantitative estimate of drug-likeness (QED) is 0.674. The zero-order valence-corrected chi connectivity index (χ0v) is 13.3. The van der Waals surface area contributed by atoms with Crippen LogP contribution in [0.1, 0.15) is 6.92 Å². The molecule has 1 aromatic carbocycles. The van der Waals surface area contributed by atoms with Crippen molar-refractivity contribution in [3.63, 3.8) is 0 Å². The molecule has 0 aliphatic carbocycles. The molecule has 2 heterocycles. The topological polar surface area (TPSA) is 104 Å². The van der Waals surface area contributed by atoms with Gasteiger partial charge in [-0.3, -0.25) is 9.52 Å². The van der Waals surface area contributed by atoms with Crippen LogP contribution in [0.25, 0.3) is 11.0 Å². The van der Waals surface area contributed by atoms with Crippen molar-refractivity contribution < 1.29 is 17.6 Å². The summed E-state index contributed by atoms with van der Waals surface area (Å²) in [6, 6.07) is 6.82. The third-order valence-corrected chi connectivity index (χ3v) is 4.64. The molecule has 0 bridgehead atoms. The number of rotatable bonds is 4. The first kappa shape index (κ1) is 15.9. The number of fused-ring (bicyclic) bond motifs is 1. The molecule has 124 valence electrons. The lowest BCUT2D eigenvalue weighted by molar-refractivity contribution is -0.114. The number of amides is 1. The van der Waals surface area contributed by atoms with E-state index in [-0.39, 0.29) is 22.2 Å². The number of hydrogen-bond acceptors (Lipinski definition) is 4. The Labute approximate surface area is 137 Å². The second-order valence-electron chi connectivity index (χ2n) is 5.03. The number of carbonyl (C=O) groups excluding carboxylic acids is 1. The van der Waals surface area contributed by atoms with Crippen LogP contribution in [0.4, 0.5) is 15.8 Å². The predicted octanol–water partition coefficient (Wildman–Crippen LogP) is 2.46. The van der Waals surface area contributed by atoms with Gasteiger partial charge in [-0.15, -0.1) is 0 Å². The molecular weight excluding hydrogens is 335 g/mol. The van der Waals surface area contributed by atoms with Crippen molar-refractivity contribution in [1.29, 1.82) is 0 Å². The summed E-state index contributed by atoms with van der Waals surface area (Å²) < 4.78 is 41.2. The van der Waals surface area contributed by atoms with Crippen molar-refractivity contribution >= 4 is 38.3 Å². The summed E-state index contributed by atoms with van der Waals surface area (Å²) in [7, 11) is -4.04. The van der Waals surface area contributed by atoms with Gasteiger partial charge in [-0.2, -0.15) is 0 Å². The van der Waals surface area contributed by atoms with Gasteiger partial charge in [0.25, 0.3) is 10.0 Å². The second-order valence-corrected chi connectivity index (χ2v) is 6.68. The van der Waals surface area contributed by atoms with Crippen molar-refractivity contribution in [3.8, 4) is 0 Å². The molecule has 0 aliphatic heterocycles. The summed E-state index contributed by atoms with van der Waals surface area (Å²) in [6.07, 6.45) is 2.81. The van der Waals surface area contributed by atoms with Crippen LogP contribution in [0.3, 0.4) is 0 Å². The maximum absolute atomic E-state index is 13.9. The molecule has 3 N–H and O–H groups in total. The summed E-state index contributed by atoms with van der Waals surface area (Å²) in [5, 5.41) is 2.86. The number of aromatic amines is 1. The fourth-order valence-electron chi connectivity index (χ4n) is 2.24. The number of pyridine rings is 1. The third-order valence-electron chi connectivity index (χ3n) is 3.23. The molecule has 0 saturated heterocycles. The Morgan fingerprint density at radius 3 is 2.83 bits per heavy atom. The molecule has 0 fully saturated rings. The van der Waals surface area contributed by atoms with E-state index in [1.54, 1.807) is 12.1 Å². The summed E-state index contributed by atoms with van der Waals surface area (Å²) in [5.41, 5.74) is 0.423. The van der Waals surface area contributed by atoms with Gasteiger partial charge in [0.05, 0.1) is 5.69 Å². The van der Waals surface area contributed by atoms with Gasteiger partial charge in [0.15, 0.2) is 0 Å². The second kappa shape index (κ2) is 5.93. The van der Waals surface area contributed by atoms with Crippen molar-refractivity contribution in [2.75, 3.05) is 10.0 Å². The van der Waals surface area contributed by atoms with Crippen LogP contribution in [0.15, 0.2) is 47.6 Å². The number of carbonyl (C=O) groups is 1. The summed E-state index contributed by atoms with van der Waals surface area (Å²) in [5.74, 6) is -1.11. The van der Waals surface area contributed by atoms with Gasteiger partial charge < -0.3 is 10.3 Å². The fraction of sp³-hybridized carbons (Fsp3) is 0.0667. The van der Waals surface area contributed by atoms with Crippen LogP contribution in [0, 0.1) is 5.82 Å². The molecule has 2 aromatic heterocycles. The minimum atomic E-state index is -4.04. The lowest BCUT2D eigenvalue weighted by Crippen LogP contribution is -2.14. The summed E-state index contributed by atoms with van der Waals surface area (Å²) in [6.45, 7) is 1.30. The molecule has 0 radical (unpaired) electrons. The Bertz CT molecular complexity index is 1030. The molecule has 0 aliphatic rings. The van der Waals surface area contributed by atoms with Gasteiger partial charge in [-0.1, -0.05) is 0 Å². The van der Waals surface area contributed by atoms with Gasteiger partial charge in [0, 0.05) is 30.4 Å². The number of sulfonamides is 1. The van der Waals surface area contributed by atoms with E-state index in [9.17, 15) is 17.6 Å². The molecule has 9 heteroatoms. The Hall–Kier alpha value is -2.94. The maximum atomic E-state index is 13.9. The molecule has 3 aromatic rings. The van der Waals surface area contributed by atoms with Crippen LogP contribution in [0.2, 0.25) is 0 Å². The van der Waals surface area contributed by atoms with Gasteiger partial charge in [0.1, 0.15) is 16.4 Å². The molecular formula is C15H13FN4O3S. The third kappa shape index (κ3) is 3.06. The lowest BCUT2D eigenvalue weighted by Gasteiger charge is -2.10. The number of aromatic nitrogens is 2. The maximum Gasteiger partial charge on any atom is 0.264 e. The van der Waals surface area contributed by atoms with Gasteiger partial charge in [-0.25, -0.2) is 17.8 Å². The average molecular weight is 348 g/mol. The highest BCUT2D eigenvalue weighted by Crippen LogP contribution is 2.26. The zero-order chi connectivity index (χ0) is 17.3. The Kier molecular flexibility index (Phi) is 3.94. The largest absolute Gasteiger partial charge is 0.345 e. The molecule has 0 atom stereocenters. The average Bonchev–Trinajstić information content (AvgIpc) is 2.95. The first-order chi connectivity index (χ1) is 11.4. The van der Waals surface area contributed by atoms with E-state index in [2.05, 4.69) is 20.0 Å². The first-order valence-corrected chi connectivity index (χ1v) is 8.37. The van der Waals surface area contributed by atoms with E-state index < -0.39 is 15.8 Å². The summed E-state index contributed by atoms with van der Waals surface area (Å²) in [4.78, 5) is 17.8. The monoisotopic (exact) mass is 348 g/mol. The van der Waals surface area contributed by atoms with Crippen molar-refractivity contribution in [2.45, 2.75) is 11.8 Å². The van der Waals surface area contributed by atoms with Gasteiger partial charge >= 0.3 is 0 Å².